The zero-order valence-corrected chi connectivity index (χ0v) is 19.9. The highest BCUT2D eigenvalue weighted by Crippen LogP contribution is 2.43. The first-order chi connectivity index (χ1) is 14.1. The minimum Gasteiger partial charge on any atom is -0.496 e. The molecule has 1 atom stereocenters. The predicted octanol–water partition coefficient (Wildman–Crippen LogP) is 5.94. The molecule has 2 heterocycles. The summed E-state index contributed by atoms with van der Waals surface area (Å²) in [5.74, 6) is 0.482. The molecule has 1 aromatic rings. The second kappa shape index (κ2) is 8.50. The molecule has 30 heavy (non-hydrogen) atoms. The number of benzene rings is 1. The fourth-order valence-electron chi connectivity index (χ4n) is 4.23. The minimum absolute atomic E-state index is 0.0848. The van der Waals surface area contributed by atoms with Gasteiger partial charge in [-0.1, -0.05) is 19.9 Å². The number of imide groups is 1. The number of ether oxygens (including phenoxy) is 1. The number of allylic oxidation sites excluding steroid dienone is 1. The van der Waals surface area contributed by atoms with E-state index in [0.717, 1.165) is 48.0 Å². The molecule has 0 saturated carbocycles. The molecule has 2 aliphatic rings. The van der Waals surface area contributed by atoms with Crippen LogP contribution in [0.25, 0.3) is 11.6 Å². The van der Waals surface area contributed by atoms with Gasteiger partial charge in [-0.15, -0.1) is 0 Å². The van der Waals surface area contributed by atoms with Gasteiger partial charge in [-0.3, -0.25) is 14.5 Å². The van der Waals surface area contributed by atoms with Crippen LogP contribution < -0.4 is 9.64 Å². The van der Waals surface area contributed by atoms with E-state index in [1.54, 1.807) is 13.2 Å². The molecule has 0 N–H and O–H groups in total. The lowest BCUT2D eigenvalue weighted by molar-refractivity contribution is -0.124. The first-order valence-electron chi connectivity index (χ1n) is 10.6. The molecule has 0 aromatic heterocycles. The highest BCUT2D eigenvalue weighted by molar-refractivity contribution is 8.18. The first-order valence-corrected chi connectivity index (χ1v) is 11.4. The van der Waals surface area contributed by atoms with Crippen LogP contribution in [0.5, 0.6) is 5.75 Å². The molecule has 1 saturated heterocycles. The second-order valence-electron chi connectivity index (χ2n) is 8.55. The van der Waals surface area contributed by atoms with E-state index in [1.165, 1.54) is 10.5 Å². The maximum absolute atomic E-state index is 12.9. The molecule has 0 spiro atoms. The average Bonchev–Trinajstić information content (AvgIpc) is 2.97. The summed E-state index contributed by atoms with van der Waals surface area (Å²) in [6.07, 6.45) is 5.87. The number of fused-ring (bicyclic) bond motifs is 1. The van der Waals surface area contributed by atoms with E-state index in [0.29, 0.717) is 10.7 Å². The monoisotopic (exact) mass is 428 g/mol. The number of hydrogen-bond donors (Lipinski definition) is 0. The highest BCUT2D eigenvalue weighted by atomic mass is 32.2. The van der Waals surface area contributed by atoms with E-state index in [-0.39, 0.29) is 22.7 Å². The quantitative estimate of drug-likeness (QED) is 0.525. The van der Waals surface area contributed by atoms with Gasteiger partial charge >= 0.3 is 0 Å². The summed E-state index contributed by atoms with van der Waals surface area (Å²) in [6.45, 7) is 13.6. The molecule has 1 aromatic carbocycles. The zero-order valence-electron chi connectivity index (χ0n) is 19.0. The van der Waals surface area contributed by atoms with Crippen molar-refractivity contribution < 1.29 is 14.3 Å². The van der Waals surface area contributed by atoms with E-state index >= 15 is 0 Å². The fourth-order valence-corrected chi connectivity index (χ4v) is 5.15. The number of rotatable bonds is 6. The summed E-state index contributed by atoms with van der Waals surface area (Å²) in [7, 11) is 1.64. The van der Waals surface area contributed by atoms with Crippen LogP contribution in [-0.2, 0) is 4.79 Å². The number of nitrogens with zero attached hydrogens (tertiary/aromatic N) is 2. The number of thioether (sulfide) groups is 1. The van der Waals surface area contributed by atoms with Gasteiger partial charge in [0.1, 0.15) is 5.75 Å². The van der Waals surface area contributed by atoms with Crippen molar-refractivity contribution >= 4 is 40.2 Å². The van der Waals surface area contributed by atoms with Gasteiger partial charge in [0.15, 0.2) is 0 Å². The van der Waals surface area contributed by atoms with Gasteiger partial charge in [-0.2, -0.15) is 0 Å². The Hall–Kier alpha value is -2.21. The van der Waals surface area contributed by atoms with Crippen LogP contribution in [0, 0.1) is 0 Å². The third-order valence-corrected chi connectivity index (χ3v) is 6.80. The van der Waals surface area contributed by atoms with Gasteiger partial charge in [0.25, 0.3) is 11.1 Å². The lowest BCUT2D eigenvalue weighted by Gasteiger charge is -2.43. The Morgan fingerprint density at radius 2 is 1.93 bits per heavy atom. The Bertz CT molecular complexity index is 933. The van der Waals surface area contributed by atoms with E-state index < -0.39 is 0 Å². The van der Waals surface area contributed by atoms with Gasteiger partial charge in [0, 0.05) is 35.5 Å². The number of amides is 2. The van der Waals surface area contributed by atoms with Crippen molar-refractivity contribution in [3.63, 3.8) is 0 Å². The number of carbonyl (C=O) groups is 2. The second-order valence-corrected chi connectivity index (χ2v) is 9.55. The molecule has 5 nitrogen and oxygen atoms in total. The molecule has 1 fully saturated rings. The van der Waals surface area contributed by atoms with Crippen LogP contribution in [0.1, 0.15) is 65.5 Å². The molecule has 0 bridgehead atoms. The molecule has 0 aliphatic carbocycles. The molecule has 162 valence electrons. The van der Waals surface area contributed by atoms with E-state index in [2.05, 4.69) is 50.8 Å². The summed E-state index contributed by atoms with van der Waals surface area (Å²) in [4.78, 5) is 29.4. The largest absolute Gasteiger partial charge is 0.496 e. The summed E-state index contributed by atoms with van der Waals surface area (Å²) < 4.78 is 5.70. The zero-order chi connectivity index (χ0) is 22.2. The number of carbonyl (C=O) groups excluding carboxylic acids is 2. The maximum Gasteiger partial charge on any atom is 0.293 e. The van der Waals surface area contributed by atoms with Crippen molar-refractivity contribution in [2.75, 3.05) is 18.6 Å². The summed E-state index contributed by atoms with van der Waals surface area (Å²) in [6, 6.07) is 4.03. The van der Waals surface area contributed by atoms with E-state index in [9.17, 15) is 9.59 Å². The Labute approximate surface area is 184 Å². The summed E-state index contributed by atoms with van der Waals surface area (Å²) >= 11 is 1.00. The minimum atomic E-state index is -0.222. The lowest BCUT2D eigenvalue weighted by Crippen LogP contribution is -2.45. The molecular formula is C24H32N2O3S. The van der Waals surface area contributed by atoms with E-state index in [1.807, 2.05) is 13.8 Å². The molecule has 2 amide bonds. The molecule has 6 heteroatoms. The lowest BCUT2D eigenvalue weighted by atomic mass is 9.87. The SMILES string of the molecule is CCCN1c2cc(OC)c(/C=C3\SC(=O)N(C(C)CC)C3=O)cc2C(C)=CC1(C)C. The summed E-state index contributed by atoms with van der Waals surface area (Å²) in [5, 5.41) is -0.204. The Balaban J connectivity index is 2.09. The molecule has 3 rings (SSSR count). The normalized spacial score (nSPS) is 20.5. The Kier molecular flexibility index (Phi) is 6.37. The number of methoxy groups -OCH3 is 1. The van der Waals surface area contributed by atoms with Gasteiger partial charge < -0.3 is 9.64 Å². The standard InChI is InChI=1S/C24H32N2O3S/c1-8-10-25-19-13-20(29-7)17(11-18(19)15(3)14-24(25,5)6)12-21-22(27)26(16(4)9-2)23(28)30-21/h11-14,16H,8-10H2,1-7H3/b21-12-. The van der Waals surface area contributed by atoms with Gasteiger partial charge in [-0.25, -0.2) is 0 Å². The van der Waals surface area contributed by atoms with Crippen LogP contribution >= 0.6 is 11.8 Å². The smallest absolute Gasteiger partial charge is 0.293 e. The number of hydrogen-bond acceptors (Lipinski definition) is 5. The van der Waals surface area contributed by atoms with Crippen LogP contribution in [-0.4, -0.2) is 41.3 Å². The molecule has 1 unspecified atom stereocenters. The fraction of sp³-hybridized carbons (Fsp3) is 0.500. The van der Waals surface area contributed by atoms with Crippen molar-refractivity contribution in [3.05, 3.63) is 34.2 Å². The predicted molar refractivity (Wildman–Crippen MR) is 126 cm³/mol. The molecule has 2 aliphatic heterocycles. The van der Waals surface area contributed by atoms with Crippen molar-refractivity contribution in [3.8, 4) is 5.75 Å². The molecule has 0 radical (unpaired) electrons. The van der Waals surface area contributed by atoms with Crippen LogP contribution in [0.15, 0.2) is 23.1 Å². The van der Waals surface area contributed by atoms with Gasteiger partial charge in [0.2, 0.25) is 0 Å². The van der Waals surface area contributed by atoms with E-state index in [4.69, 9.17) is 4.74 Å². The van der Waals surface area contributed by atoms with Crippen molar-refractivity contribution in [1.29, 1.82) is 0 Å². The average molecular weight is 429 g/mol. The van der Waals surface area contributed by atoms with Crippen molar-refractivity contribution in [2.24, 2.45) is 0 Å². The van der Waals surface area contributed by atoms with Crippen molar-refractivity contribution in [2.45, 2.75) is 66.0 Å². The third kappa shape index (κ3) is 3.89. The van der Waals surface area contributed by atoms with Crippen molar-refractivity contribution in [1.82, 2.24) is 4.90 Å². The summed E-state index contributed by atoms with van der Waals surface area (Å²) in [5.41, 5.74) is 4.21. The maximum atomic E-state index is 12.9. The first kappa shape index (κ1) is 22.5. The number of anilines is 1. The van der Waals surface area contributed by atoms with Crippen LogP contribution in [0.4, 0.5) is 10.5 Å². The highest BCUT2D eigenvalue weighted by Gasteiger charge is 2.38. The van der Waals surface area contributed by atoms with Gasteiger partial charge in [0.05, 0.1) is 17.6 Å². The van der Waals surface area contributed by atoms with Crippen LogP contribution in [0.2, 0.25) is 0 Å². The molecular weight excluding hydrogens is 396 g/mol. The van der Waals surface area contributed by atoms with Gasteiger partial charge in [-0.05, 0) is 70.0 Å². The van der Waals surface area contributed by atoms with Crippen LogP contribution in [0.3, 0.4) is 0 Å². The Morgan fingerprint density at radius 3 is 2.53 bits per heavy atom. The third-order valence-electron chi connectivity index (χ3n) is 5.92. The topological polar surface area (TPSA) is 49.9 Å². The Morgan fingerprint density at radius 1 is 1.23 bits per heavy atom.